The average molecular weight is 206 g/mol. The molecule has 1 unspecified atom stereocenters. The topological polar surface area (TPSA) is 42.0 Å². The standard InChI is InChI=1S/C12H18N2O/c1-9(12(2,3)4)14-11(15)10-7-5-6-8-13-10/h5-9H,1-4H3,(H,14,15). The number of rotatable bonds is 2. The minimum Gasteiger partial charge on any atom is -0.348 e. The molecule has 3 nitrogen and oxygen atoms in total. The zero-order valence-corrected chi connectivity index (χ0v) is 9.74. The van der Waals surface area contributed by atoms with Gasteiger partial charge < -0.3 is 5.32 Å². The van der Waals surface area contributed by atoms with Crippen LogP contribution in [0.4, 0.5) is 0 Å². The summed E-state index contributed by atoms with van der Waals surface area (Å²) in [5, 5.41) is 2.93. The molecule has 3 heteroatoms. The number of carbonyl (C=O) groups excluding carboxylic acids is 1. The van der Waals surface area contributed by atoms with Crippen LogP contribution in [0, 0.1) is 5.41 Å². The highest BCUT2D eigenvalue weighted by atomic mass is 16.1. The smallest absolute Gasteiger partial charge is 0.270 e. The fourth-order valence-corrected chi connectivity index (χ4v) is 0.984. The molecule has 82 valence electrons. The molecule has 0 aromatic carbocycles. The maximum Gasteiger partial charge on any atom is 0.270 e. The van der Waals surface area contributed by atoms with Crippen molar-refractivity contribution in [2.24, 2.45) is 5.41 Å². The molecule has 0 aliphatic carbocycles. The molecule has 1 N–H and O–H groups in total. The predicted octanol–water partition coefficient (Wildman–Crippen LogP) is 2.25. The molecule has 1 aromatic heterocycles. The van der Waals surface area contributed by atoms with Gasteiger partial charge in [-0.2, -0.15) is 0 Å². The molecular weight excluding hydrogens is 188 g/mol. The number of amides is 1. The number of hydrogen-bond donors (Lipinski definition) is 1. The third-order valence-corrected chi connectivity index (χ3v) is 2.54. The average Bonchev–Trinajstić information content (AvgIpc) is 2.17. The van der Waals surface area contributed by atoms with E-state index in [-0.39, 0.29) is 17.4 Å². The van der Waals surface area contributed by atoms with E-state index in [1.807, 2.05) is 13.0 Å². The first kappa shape index (κ1) is 11.7. The van der Waals surface area contributed by atoms with E-state index in [1.165, 1.54) is 0 Å². The van der Waals surface area contributed by atoms with Gasteiger partial charge in [-0.25, -0.2) is 0 Å². The molecule has 0 bridgehead atoms. The lowest BCUT2D eigenvalue weighted by atomic mass is 9.88. The Morgan fingerprint density at radius 1 is 1.40 bits per heavy atom. The van der Waals surface area contributed by atoms with Crippen LogP contribution in [0.1, 0.15) is 38.2 Å². The van der Waals surface area contributed by atoms with Crippen LogP contribution < -0.4 is 5.32 Å². The number of nitrogens with one attached hydrogen (secondary N) is 1. The summed E-state index contributed by atoms with van der Waals surface area (Å²) >= 11 is 0. The molecule has 0 radical (unpaired) electrons. The molecule has 0 saturated carbocycles. The third kappa shape index (κ3) is 3.35. The van der Waals surface area contributed by atoms with E-state index >= 15 is 0 Å². The van der Waals surface area contributed by atoms with E-state index in [4.69, 9.17) is 0 Å². The van der Waals surface area contributed by atoms with Gasteiger partial charge in [-0.05, 0) is 24.5 Å². The molecule has 1 heterocycles. The summed E-state index contributed by atoms with van der Waals surface area (Å²) in [5.41, 5.74) is 0.526. The minimum atomic E-state index is -0.113. The summed E-state index contributed by atoms with van der Waals surface area (Å²) in [4.78, 5) is 15.7. The van der Waals surface area contributed by atoms with Crippen molar-refractivity contribution >= 4 is 5.91 Å². The maximum atomic E-state index is 11.7. The lowest BCUT2D eigenvalue weighted by molar-refractivity contribution is 0.0905. The lowest BCUT2D eigenvalue weighted by Gasteiger charge is -2.27. The van der Waals surface area contributed by atoms with E-state index < -0.39 is 0 Å². The molecule has 15 heavy (non-hydrogen) atoms. The minimum absolute atomic E-state index is 0.0600. The second-order valence-electron chi connectivity index (χ2n) is 4.78. The van der Waals surface area contributed by atoms with E-state index in [9.17, 15) is 4.79 Å². The molecule has 1 rings (SSSR count). The molecule has 1 atom stereocenters. The highest BCUT2D eigenvalue weighted by molar-refractivity contribution is 5.92. The summed E-state index contributed by atoms with van der Waals surface area (Å²) in [6, 6.07) is 5.44. The second-order valence-corrected chi connectivity index (χ2v) is 4.78. The van der Waals surface area contributed by atoms with Crippen LogP contribution in [-0.4, -0.2) is 16.9 Å². The van der Waals surface area contributed by atoms with E-state index in [2.05, 4.69) is 31.1 Å². The van der Waals surface area contributed by atoms with Crippen LogP contribution in [0.25, 0.3) is 0 Å². The molecule has 0 spiro atoms. The first-order chi connectivity index (χ1) is 6.91. The van der Waals surface area contributed by atoms with Crippen molar-refractivity contribution in [3.8, 4) is 0 Å². The van der Waals surface area contributed by atoms with Crippen LogP contribution in [0.5, 0.6) is 0 Å². The normalized spacial score (nSPS) is 13.3. The number of carbonyl (C=O) groups is 1. The lowest BCUT2D eigenvalue weighted by Crippen LogP contribution is -2.41. The van der Waals surface area contributed by atoms with Crippen molar-refractivity contribution in [3.63, 3.8) is 0 Å². The molecular formula is C12H18N2O. The van der Waals surface area contributed by atoms with Gasteiger partial charge >= 0.3 is 0 Å². The zero-order valence-electron chi connectivity index (χ0n) is 9.74. The fourth-order valence-electron chi connectivity index (χ4n) is 0.984. The van der Waals surface area contributed by atoms with Gasteiger partial charge in [0, 0.05) is 12.2 Å². The quantitative estimate of drug-likeness (QED) is 0.806. The van der Waals surface area contributed by atoms with Gasteiger partial charge in [0.1, 0.15) is 5.69 Å². The maximum absolute atomic E-state index is 11.7. The second kappa shape index (κ2) is 4.43. The van der Waals surface area contributed by atoms with Crippen molar-refractivity contribution < 1.29 is 4.79 Å². The van der Waals surface area contributed by atoms with Crippen LogP contribution in [0.2, 0.25) is 0 Å². The van der Waals surface area contributed by atoms with Gasteiger partial charge in [0.15, 0.2) is 0 Å². The number of nitrogens with zero attached hydrogens (tertiary/aromatic N) is 1. The van der Waals surface area contributed by atoms with Crippen molar-refractivity contribution in [2.75, 3.05) is 0 Å². The Kier molecular flexibility index (Phi) is 3.45. The Bertz CT molecular complexity index is 327. The summed E-state index contributed by atoms with van der Waals surface area (Å²) < 4.78 is 0. The first-order valence-electron chi connectivity index (χ1n) is 5.13. The number of hydrogen-bond acceptors (Lipinski definition) is 2. The highest BCUT2D eigenvalue weighted by Crippen LogP contribution is 2.18. The Morgan fingerprint density at radius 3 is 2.53 bits per heavy atom. The van der Waals surface area contributed by atoms with Gasteiger partial charge in [0.2, 0.25) is 0 Å². The van der Waals surface area contributed by atoms with Gasteiger partial charge in [-0.3, -0.25) is 9.78 Å². The number of aromatic nitrogens is 1. The Balaban J connectivity index is 2.65. The largest absolute Gasteiger partial charge is 0.348 e. The van der Waals surface area contributed by atoms with Gasteiger partial charge in [-0.1, -0.05) is 26.8 Å². The molecule has 0 aliphatic rings. The molecule has 0 fully saturated rings. The van der Waals surface area contributed by atoms with Gasteiger partial charge in [0.05, 0.1) is 0 Å². The first-order valence-corrected chi connectivity index (χ1v) is 5.13. The fraction of sp³-hybridized carbons (Fsp3) is 0.500. The SMILES string of the molecule is CC(NC(=O)c1ccccn1)C(C)(C)C. The molecule has 1 aromatic rings. The molecule has 1 amide bonds. The predicted molar refractivity (Wildman–Crippen MR) is 60.6 cm³/mol. The summed E-state index contributed by atoms with van der Waals surface area (Å²) in [6.45, 7) is 8.28. The molecule has 0 aliphatic heterocycles. The third-order valence-electron chi connectivity index (χ3n) is 2.54. The van der Waals surface area contributed by atoms with Crippen molar-refractivity contribution in [1.82, 2.24) is 10.3 Å². The van der Waals surface area contributed by atoms with Crippen LogP contribution in [0.3, 0.4) is 0 Å². The van der Waals surface area contributed by atoms with E-state index in [0.29, 0.717) is 5.69 Å². The Labute approximate surface area is 90.9 Å². The monoisotopic (exact) mass is 206 g/mol. The Morgan fingerprint density at radius 2 is 2.07 bits per heavy atom. The van der Waals surface area contributed by atoms with Crippen LogP contribution >= 0.6 is 0 Å². The van der Waals surface area contributed by atoms with Gasteiger partial charge in [-0.15, -0.1) is 0 Å². The van der Waals surface area contributed by atoms with Crippen molar-refractivity contribution in [2.45, 2.75) is 33.7 Å². The Hall–Kier alpha value is -1.38. The summed E-state index contributed by atoms with van der Waals surface area (Å²) in [6.07, 6.45) is 1.62. The molecule has 0 saturated heterocycles. The van der Waals surface area contributed by atoms with Crippen molar-refractivity contribution in [1.29, 1.82) is 0 Å². The van der Waals surface area contributed by atoms with Crippen LogP contribution in [-0.2, 0) is 0 Å². The van der Waals surface area contributed by atoms with Crippen LogP contribution in [0.15, 0.2) is 24.4 Å². The summed E-state index contributed by atoms with van der Waals surface area (Å²) in [5.74, 6) is -0.113. The zero-order chi connectivity index (χ0) is 11.5. The van der Waals surface area contributed by atoms with E-state index in [1.54, 1.807) is 18.3 Å². The highest BCUT2D eigenvalue weighted by Gasteiger charge is 2.22. The van der Waals surface area contributed by atoms with E-state index in [0.717, 1.165) is 0 Å². The number of pyridine rings is 1. The summed E-state index contributed by atoms with van der Waals surface area (Å²) in [7, 11) is 0. The van der Waals surface area contributed by atoms with Crippen molar-refractivity contribution in [3.05, 3.63) is 30.1 Å². The van der Waals surface area contributed by atoms with Gasteiger partial charge in [0.25, 0.3) is 5.91 Å².